The molecule has 0 atom stereocenters. The lowest BCUT2D eigenvalue weighted by molar-refractivity contribution is -0.123. The van der Waals surface area contributed by atoms with Crippen molar-refractivity contribution in [3.63, 3.8) is 0 Å². The number of hydrogen-bond acceptors (Lipinski definition) is 3. The SMILES string of the molecule is O=C(COc1ccc2ccccc2c1Br)NCC1(c2ccccc2)CCOCC1. The zero-order chi connectivity index (χ0) is 20.1. The number of benzene rings is 3. The van der Waals surface area contributed by atoms with Crippen LogP contribution in [0.3, 0.4) is 0 Å². The molecule has 150 valence electrons. The van der Waals surface area contributed by atoms with Crippen molar-refractivity contribution in [2.75, 3.05) is 26.4 Å². The summed E-state index contributed by atoms with van der Waals surface area (Å²) in [5.74, 6) is 0.551. The Labute approximate surface area is 179 Å². The van der Waals surface area contributed by atoms with Crippen LogP contribution in [0.2, 0.25) is 0 Å². The first-order chi connectivity index (χ1) is 14.2. The number of carbonyl (C=O) groups excluding carboxylic acids is 1. The topological polar surface area (TPSA) is 47.6 Å². The molecule has 0 saturated carbocycles. The van der Waals surface area contributed by atoms with E-state index in [1.54, 1.807) is 0 Å². The van der Waals surface area contributed by atoms with Crippen LogP contribution >= 0.6 is 15.9 Å². The Balaban J connectivity index is 1.40. The maximum absolute atomic E-state index is 12.5. The molecule has 0 aromatic heterocycles. The summed E-state index contributed by atoms with van der Waals surface area (Å²) < 4.78 is 12.2. The lowest BCUT2D eigenvalue weighted by atomic mass is 9.74. The number of carbonyl (C=O) groups is 1. The van der Waals surface area contributed by atoms with Gasteiger partial charge in [0.2, 0.25) is 0 Å². The van der Waals surface area contributed by atoms with Gasteiger partial charge < -0.3 is 14.8 Å². The van der Waals surface area contributed by atoms with E-state index < -0.39 is 0 Å². The average molecular weight is 454 g/mol. The molecule has 1 fully saturated rings. The fourth-order valence-electron chi connectivity index (χ4n) is 3.91. The molecule has 4 rings (SSSR count). The molecular weight excluding hydrogens is 430 g/mol. The van der Waals surface area contributed by atoms with Gasteiger partial charge in [-0.25, -0.2) is 0 Å². The smallest absolute Gasteiger partial charge is 0.257 e. The van der Waals surface area contributed by atoms with Gasteiger partial charge in [0.15, 0.2) is 6.61 Å². The lowest BCUT2D eigenvalue weighted by Crippen LogP contribution is -2.45. The third-order valence-electron chi connectivity index (χ3n) is 5.65. The van der Waals surface area contributed by atoms with E-state index in [-0.39, 0.29) is 17.9 Å². The van der Waals surface area contributed by atoms with Crippen LogP contribution in [0.1, 0.15) is 18.4 Å². The third kappa shape index (κ3) is 4.46. The maximum atomic E-state index is 12.5. The van der Waals surface area contributed by atoms with Crippen LogP contribution in [0.15, 0.2) is 71.2 Å². The van der Waals surface area contributed by atoms with E-state index >= 15 is 0 Å². The molecule has 0 spiro atoms. The first kappa shape index (κ1) is 19.9. The third-order valence-corrected chi connectivity index (χ3v) is 6.46. The Morgan fingerprint density at radius 1 is 1.00 bits per heavy atom. The van der Waals surface area contributed by atoms with E-state index in [1.165, 1.54) is 5.56 Å². The van der Waals surface area contributed by atoms with E-state index in [0.717, 1.165) is 28.1 Å². The van der Waals surface area contributed by atoms with Crippen LogP contribution in [0.25, 0.3) is 10.8 Å². The second kappa shape index (κ2) is 8.97. The van der Waals surface area contributed by atoms with Crippen LogP contribution in [-0.4, -0.2) is 32.3 Å². The number of rotatable bonds is 6. The molecule has 0 aliphatic carbocycles. The summed E-state index contributed by atoms with van der Waals surface area (Å²) in [5, 5.41) is 5.27. The van der Waals surface area contributed by atoms with Crippen molar-refractivity contribution in [3.8, 4) is 5.75 Å². The van der Waals surface area contributed by atoms with Gasteiger partial charge in [0.25, 0.3) is 5.91 Å². The summed E-state index contributed by atoms with van der Waals surface area (Å²) in [5.41, 5.74) is 1.17. The number of ether oxygens (including phenoxy) is 2. The van der Waals surface area contributed by atoms with E-state index in [4.69, 9.17) is 9.47 Å². The number of hydrogen-bond donors (Lipinski definition) is 1. The fourth-order valence-corrected chi connectivity index (χ4v) is 4.52. The average Bonchev–Trinajstić information content (AvgIpc) is 2.79. The Bertz CT molecular complexity index is 984. The van der Waals surface area contributed by atoms with Crippen molar-refractivity contribution >= 4 is 32.6 Å². The van der Waals surface area contributed by atoms with Gasteiger partial charge in [-0.2, -0.15) is 0 Å². The molecule has 1 heterocycles. The molecular formula is C24H24BrNO3. The molecule has 3 aromatic rings. The molecule has 1 aliphatic heterocycles. The molecule has 5 heteroatoms. The Hall–Kier alpha value is -2.37. The first-order valence-corrected chi connectivity index (χ1v) is 10.7. The van der Waals surface area contributed by atoms with E-state index in [2.05, 4.69) is 45.5 Å². The Kier molecular flexibility index (Phi) is 6.16. The zero-order valence-corrected chi connectivity index (χ0v) is 17.8. The summed E-state index contributed by atoms with van der Waals surface area (Å²) in [6.07, 6.45) is 1.79. The zero-order valence-electron chi connectivity index (χ0n) is 16.2. The van der Waals surface area contributed by atoms with Gasteiger partial charge in [0.05, 0.1) is 4.47 Å². The standard InChI is InChI=1S/C24H24BrNO3/c25-23-20-9-5-4-6-18(20)10-11-21(23)29-16-22(27)26-17-24(12-14-28-15-13-24)19-7-2-1-3-8-19/h1-11H,12-17H2,(H,26,27). The van der Waals surface area contributed by atoms with Gasteiger partial charge in [0.1, 0.15) is 5.75 Å². The van der Waals surface area contributed by atoms with Crippen LogP contribution in [0, 0.1) is 0 Å². The predicted molar refractivity (Wildman–Crippen MR) is 118 cm³/mol. The van der Waals surface area contributed by atoms with E-state index in [0.29, 0.717) is 25.5 Å². The highest BCUT2D eigenvalue weighted by molar-refractivity contribution is 9.10. The highest BCUT2D eigenvalue weighted by Gasteiger charge is 2.34. The lowest BCUT2D eigenvalue weighted by Gasteiger charge is -2.38. The van der Waals surface area contributed by atoms with Crippen molar-refractivity contribution in [2.24, 2.45) is 0 Å². The van der Waals surface area contributed by atoms with Gasteiger partial charge >= 0.3 is 0 Å². The first-order valence-electron chi connectivity index (χ1n) is 9.88. The predicted octanol–water partition coefficient (Wildman–Crippen LogP) is 4.85. The van der Waals surface area contributed by atoms with Gasteiger partial charge in [-0.1, -0.05) is 60.7 Å². The Morgan fingerprint density at radius 3 is 2.52 bits per heavy atom. The normalized spacial score (nSPS) is 15.8. The monoisotopic (exact) mass is 453 g/mol. The molecule has 3 aromatic carbocycles. The van der Waals surface area contributed by atoms with Crippen LogP contribution in [-0.2, 0) is 14.9 Å². The van der Waals surface area contributed by atoms with Crippen molar-refractivity contribution < 1.29 is 14.3 Å². The largest absolute Gasteiger partial charge is 0.483 e. The van der Waals surface area contributed by atoms with Crippen molar-refractivity contribution in [2.45, 2.75) is 18.3 Å². The molecule has 4 nitrogen and oxygen atoms in total. The molecule has 29 heavy (non-hydrogen) atoms. The van der Waals surface area contributed by atoms with Crippen LogP contribution in [0.5, 0.6) is 5.75 Å². The molecule has 0 unspecified atom stereocenters. The number of fused-ring (bicyclic) bond motifs is 1. The molecule has 0 bridgehead atoms. The van der Waals surface area contributed by atoms with E-state index in [1.807, 2.05) is 42.5 Å². The summed E-state index contributed by atoms with van der Waals surface area (Å²) in [6.45, 7) is 2.00. The maximum Gasteiger partial charge on any atom is 0.257 e. The van der Waals surface area contributed by atoms with Crippen LogP contribution in [0.4, 0.5) is 0 Å². The highest BCUT2D eigenvalue weighted by Crippen LogP contribution is 2.35. The molecule has 0 radical (unpaired) electrons. The molecule has 1 amide bonds. The molecule has 1 saturated heterocycles. The number of amides is 1. The second-order valence-corrected chi connectivity index (χ2v) is 8.22. The van der Waals surface area contributed by atoms with Gasteiger partial charge in [0, 0.05) is 25.2 Å². The van der Waals surface area contributed by atoms with Crippen molar-refractivity contribution in [3.05, 3.63) is 76.8 Å². The fraction of sp³-hybridized carbons (Fsp3) is 0.292. The quantitative estimate of drug-likeness (QED) is 0.580. The van der Waals surface area contributed by atoms with E-state index in [9.17, 15) is 4.79 Å². The van der Waals surface area contributed by atoms with Crippen molar-refractivity contribution in [1.82, 2.24) is 5.32 Å². The number of nitrogens with one attached hydrogen (secondary N) is 1. The summed E-state index contributed by atoms with van der Waals surface area (Å²) >= 11 is 3.60. The number of halogens is 1. The molecule has 1 aliphatic rings. The summed E-state index contributed by atoms with van der Waals surface area (Å²) in [7, 11) is 0. The minimum Gasteiger partial charge on any atom is -0.483 e. The van der Waals surface area contributed by atoms with Crippen molar-refractivity contribution in [1.29, 1.82) is 0 Å². The second-order valence-electron chi connectivity index (χ2n) is 7.42. The van der Waals surface area contributed by atoms with Gasteiger partial charge in [-0.15, -0.1) is 0 Å². The Morgan fingerprint density at radius 2 is 1.72 bits per heavy atom. The minimum absolute atomic E-state index is 0.0156. The molecule has 1 N–H and O–H groups in total. The van der Waals surface area contributed by atoms with Crippen LogP contribution < -0.4 is 10.1 Å². The summed E-state index contributed by atoms with van der Waals surface area (Å²) in [4.78, 5) is 12.5. The highest BCUT2D eigenvalue weighted by atomic mass is 79.9. The summed E-state index contributed by atoms with van der Waals surface area (Å²) in [6, 6.07) is 22.4. The van der Waals surface area contributed by atoms with Gasteiger partial charge in [-0.3, -0.25) is 4.79 Å². The minimum atomic E-state index is -0.119. The van der Waals surface area contributed by atoms with Gasteiger partial charge in [-0.05, 0) is 51.2 Å².